The van der Waals surface area contributed by atoms with Crippen molar-refractivity contribution < 1.29 is 24.2 Å². The van der Waals surface area contributed by atoms with E-state index < -0.39 is 12.1 Å². The lowest BCUT2D eigenvalue weighted by Crippen LogP contribution is -2.58. The van der Waals surface area contributed by atoms with Gasteiger partial charge in [0.2, 0.25) is 11.8 Å². The second kappa shape index (κ2) is 7.66. The largest absolute Gasteiger partial charge is 0.515 e. The number of aliphatic hydroxyl groups excluding tert-OH is 1. The van der Waals surface area contributed by atoms with Crippen LogP contribution in [0.3, 0.4) is 0 Å². The van der Waals surface area contributed by atoms with Crippen LogP contribution in [-0.4, -0.2) is 60.9 Å². The molecule has 1 fully saturated rings. The molecule has 3 rings (SSSR count). The zero-order valence-electron chi connectivity index (χ0n) is 13.3. The Bertz CT molecular complexity index is 692. The summed E-state index contributed by atoms with van der Waals surface area (Å²) >= 11 is 1.42. The van der Waals surface area contributed by atoms with Gasteiger partial charge in [0.05, 0.1) is 12.5 Å². The molecule has 1 aromatic rings. The molecule has 0 saturated carbocycles. The van der Waals surface area contributed by atoms with Gasteiger partial charge in [0.15, 0.2) is 0 Å². The monoisotopic (exact) mass is 367 g/mol. The number of allylic oxidation sites excluding steroid dienone is 1. The van der Waals surface area contributed by atoms with Gasteiger partial charge in [-0.1, -0.05) is 24.4 Å². The SMILES string of the molecule is C=CCOC(=O)OC1=C(CCCn2cnnn2)S[C@@H]2[C@@H](CO)C(=O)N12. The van der Waals surface area contributed by atoms with Crippen LogP contribution < -0.4 is 0 Å². The zero-order valence-corrected chi connectivity index (χ0v) is 14.1. The molecule has 2 aliphatic heterocycles. The third kappa shape index (κ3) is 3.51. The molecule has 2 aliphatic rings. The minimum Gasteiger partial charge on any atom is -0.430 e. The highest BCUT2D eigenvalue weighted by molar-refractivity contribution is 8.04. The van der Waals surface area contributed by atoms with Gasteiger partial charge in [-0.2, -0.15) is 0 Å². The maximum Gasteiger partial charge on any atom is 0.515 e. The Morgan fingerprint density at radius 2 is 2.36 bits per heavy atom. The molecule has 134 valence electrons. The Hall–Kier alpha value is -2.40. The number of aliphatic hydroxyl groups is 1. The van der Waals surface area contributed by atoms with E-state index in [-0.39, 0.29) is 30.4 Å². The molecule has 0 spiro atoms. The first kappa shape index (κ1) is 17.4. The number of ether oxygens (including phenoxy) is 2. The Labute approximate surface area is 147 Å². The number of aryl methyl sites for hydroxylation is 1. The van der Waals surface area contributed by atoms with Crippen molar-refractivity contribution >= 4 is 23.8 Å². The Kier molecular flexibility index (Phi) is 5.34. The van der Waals surface area contributed by atoms with Crippen molar-refractivity contribution in [1.82, 2.24) is 25.1 Å². The van der Waals surface area contributed by atoms with Gasteiger partial charge >= 0.3 is 6.16 Å². The summed E-state index contributed by atoms with van der Waals surface area (Å²) in [5.74, 6) is -0.553. The molecule has 1 N–H and O–H groups in total. The Morgan fingerprint density at radius 3 is 3.04 bits per heavy atom. The normalized spacial score (nSPS) is 21.8. The maximum absolute atomic E-state index is 12.1. The highest BCUT2D eigenvalue weighted by Gasteiger charge is 2.55. The number of β-lactam (4-membered cyclic amide) rings is 1. The molecule has 25 heavy (non-hydrogen) atoms. The van der Waals surface area contributed by atoms with Crippen LogP contribution in [0.15, 0.2) is 29.8 Å². The number of hydrogen-bond acceptors (Lipinski definition) is 9. The molecule has 1 saturated heterocycles. The first-order chi connectivity index (χ1) is 12.2. The summed E-state index contributed by atoms with van der Waals surface area (Å²) in [5.41, 5.74) is 0. The molecule has 1 amide bonds. The Balaban J connectivity index is 1.67. The number of rotatable bonds is 8. The third-order valence-electron chi connectivity index (χ3n) is 3.75. The minimum absolute atomic E-state index is 0.0184. The predicted molar refractivity (Wildman–Crippen MR) is 85.5 cm³/mol. The van der Waals surface area contributed by atoms with E-state index in [0.717, 1.165) is 4.91 Å². The van der Waals surface area contributed by atoms with Crippen molar-refractivity contribution in [3.8, 4) is 0 Å². The smallest absolute Gasteiger partial charge is 0.430 e. The van der Waals surface area contributed by atoms with Crippen LogP contribution in [0.5, 0.6) is 0 Å². The number of carbonyl (C=O) groups is 2. The summed E-state index contributed by atoms with van der Waals surface area (Å²) in [5, 5.41) is 20.0. The van der Waals surface area contributed by atoms with E-state index in [1.807, 2.05) is 0 Å². The molecule has 0 radical (unpaired) electrons. The maximum atomic E-state index is 12.1. The number of fused-ring (bicyclic) bond motifs is 1. The second-order valence-electron chi connectivity index (χ2n) is 5.36. The summed E-state index contributed by atoms with van der Waals surface area (Å²) in [6, 6.07) is 0. The van der Waals surface area contributed by atoms with E-state index in [4.69, 9.17) is 9.47 Å². The van der Waals surface area contributed by atoms with Gasteiger partial charge in [-0.3, -0.25) is 9.69 Å². The van der Waals surface area contributed by atoms with Gasteiger partial charge in [-0.25, -0.2) is 9.48 Å². The van der Waals surface area contributed by atoms with Crippen LogP contribution in [0.25, 0.3) is 0 Å². The van der Waals surface area contributed by atoms with Crippen molar-refractivity contribution in [2.24, 2.45) is 5.92 Å². The van der Waals surface area contributed by atoms with Crippen LogP contribution >= 0.6 is 11.8 Å². The van der Waals surface area contributed by atoms with Crippen molar-refractivity contribution in [3.63, 3.8) is 0 Å². The quantitative estimate of drug-likeness (QED) is 0.397. The van der Waals surface area contributed by atoms with E-state index in [2.05, 4.69) is 22.1 Å². The molecule has 10 nitrogen and oxygen atoms in total. The number of carbonyl (C=O) groups excluding carboxylic acids is 2. The molecule has 0 aliphatic carbocycles. The van der Waals surface area contributed by atoms with Gasteiger partial charge in [-0.15, -0.1) is 5.10 Å². The van der Waals surface area contributed by atoms with Gasteiger partial charge in [-0.05, 0) is 23.3 Å². The lowest BCUT2D eigenvalue weighted by atomic mass is 10.00. The molecule has 1 aromatic heterocycles. The van der Waals surface area contributed by atoms with Gasteiger partial charge in [0.25, 0.3) is 0 Å². The van der Waals surface area contributed by atoms with Crippen molar-refractivity contribution in [1.29, 1.82) is 0 Å². The van der Waals surface area contributed by atoms with E-state index in [1.54, 1.807) is 4.68 Å². The van der Waals surface area contributed by atoms with Crippen LogP contribution in [-0.2, 0) is 20.8 Å². The first-order valence-corrected chi connectivity index (χ1v) is 8.53. The minimum atomic E-state index is -0.894. The standard InChI is InChI=1S/C14H17N5O5S/c1-2-6-23-14(22)24-12-10(4-3-5-18-8-15-16-17-18)25-13-9(7-20)11(21)19(12)13/h2,8-9,13,20H,1,3-7H2/t9-,13+/m0/s1. The molecular formula is C14H17N5O5S. The summed E-state index contributed by atoms with van der Waals surface area (Å²) in [6.45, 7) is 3.83. The predicted octanol–water partition coefficient (Wildman–Crippen LogP) is 0.485. The number of aromatic nitrogens is 4. The number of tetrazole rings is 1. The summed E-state index contributed by atoms with van der Waals surface area (Å²) in [7, 11) is 0. The highest BCUT2D eigenvalue weighted by Crippen LogP contribution is 2.50. The average Bonchev–Trinajstić information content (AvgIpc) is 3.20. The van der Waals surface area contributed by atoms with E-state index in [9.17, 15) is 14.7 Å². The Morgan fingerprint density at radius 1 is 1.52 bits per heavy atom. The van der Waals surface area contributed by atoms with Crippen molar-refractivity contribution in [3.05, 3.63) is 29.8 Å². The first-order valence-electron chi connectivity index (χ1n) is 7.65. The lowest BCUT2D eigenvalue weighted by Gasteiger charge is -2.40. The third-order valence-corrected chi connectivity index (χ3v) is 5.20. The van der Waals surface area contributed by atoms with Crippen LogP contribution in [0, 0.1) is 5.92 Å². The van der Waals surface area contributed by atoms with Gasteiger partial charge < -0.3 is 14.6 Å². The van der Waals surface area contributed by atoms with Gasteiger partial charge in [0, 0.05) is 11.4 Å². The summed E-state index contributed by atoms with van der Waals surface area (Å²) in [6.07, 6.45) is 3.31. The van der Waals surface area contributed by atoms with Crippen LogP contribution in [0.1, 0.15) is 12.8 Å². The molecule has 0 unspecified atom stereocenters. The number of amides is 1. The summed E-state index contributed by atoms with van der Waals surface area (Å²) < 4.78 is 11.7. The molecule has 3 heterocycles. The number of hydrogen-bond donors (Lipinski definition) is 1. The molecule has 2 atom stereocenters. The number of thioether (sulfide) groups is 1. The fraction of sp³-hybridized carbons (Fsp3) is 0.500. The summed E-state index contributed by atoms with van der Waals surface area (Å²) in [4.78, 5) is 26.0. The highest BCUT2D eigenvalue weighted by atomic mass is 32.2. The van der Waals surface area contributed by atoms with Crippen molar-refractivity contribution in [2.75, 3.05) is 13.2 Å². The van der Waals surface area contributed by atoms with E-state index >= 15 is 0 Å². The topological polar surface area (TPSA) is 120 Å². The molecule has 11 heteroatoms. The molecular weight excluding hydrogens is 350 g/mol. The second-order valence-corrected chi connectivity index (χ2v) is 6.57. The molecule has 0 bridgehead atoms. The van der Waals surface area contributed by atoms with E-state index in [1.165, 1.54) is 29.1 Å². The van der Waals surface area contributed by atoms with Crippen LogP contribution in [0.2, 0.25) is 0 Å². The fourth-order valence-electron chi connectivity index (χ4n) is 2.56. The van der Waals surface area contributed by atoms with E-state index in [0.29, 0.717) is 19.4 Å². The average molecular weight is 367 g/mol. The van der Waals surface area contributed by atoms with Crippen molar-refractivity contribution in [2.45, 2.75) is 24.8 Å². The zero-order chi connectivity index (χ0) is 17.8. The van der Waals surface area contributed by atoms with Crippen LogP contribution in [0.4, 0.5) is 4.79 Å². The lowest BCUT2D eigenvalue weighted by molar-refractivity contribution is -0.152. The number of nitrogens with zero attached hydrogens (tertiary/aromatic N) is 5. The fourth-order valence-corrected chi connectivity index (χ4v) is 4.03. The van der Waals surface area contributed by atoms with Gasteiger partial charge in [0.1, 0.15) is 18.3 Å². The molecule has 0 aromatic carbocycles.